The number of nitrogens with zero attached hydrogens (tertiary/aromatic N) is 1. The fourth-order valence-electron chi connectivity index (χ4n) is 2.81. The molecule has 1 aliphatic heterocycles. The predicted octanol–water partition coefficient (Wildman–Crippen LogP) is 2.08. The van der Waals surface area contributed by atoms with E-state index in [1.807, 2.05) is 17.5 Å². The van der Waals surface area contributed by atoms with Gasteiger partial charge in [-0.25, -0.2) is 12.7 Å². The summed E-state index contributed by atoms with van der Waals surface area (Å²) in [5, 5.41) is 5.59. The number of rotatable bonds is 7. The Morgan fingerprint density at radius 2 is 2.00 bits per heavy atom. The highest BCUT2D eigenvalue weighted by Gasteiger charge is 2.29. The molecule has 1 aliphatic carbocycles. The SMILES string of the molecule is O=S(=O)(CCc1cccs1)N1CCC(NCC2CC2)CC1. The lowest BCUT2D eigenvalue weighted by Crippen LogP contribution is -2.46. The van der Waals surface area contributed by atoms with Crippen molar-refractivity contribution in [1.29, 1.82) is 0 Å². The molecule has 118 valence electrons. The summed E-state index contributed by atoms with van der Waals surface area (Å²) in [6, 6.07) is 4.49. The second-order valence-electron chi connectivity index (χ2n) is 6.17. The zero-order chi connectivity index (χ0) is 14.7. The molecule has 1 aromatic rings. The van der Waals surface area contributed by atoms with Crippen LogP contribution in [0.25, 0.3) is 0 Å². The fourth-order valence-corrected chi connectivity index (χ4v) is 5.15. The van der Waals surface area contributed by atoms with Crippen LogP contribution < -0.4 is 5.32 Å². The maximum absolute atomic E-state index is 12.4. The summed E-state index contributed by atoms with van der Waals surface area (Å²) in [4.78, 5) is 1.15. The molecule has 3 rings (SSSR count). The standard InChI is InChI=1S/C15H24N2O2S2/c18-21(19,11-7-15-2-1-10-20-15)17-8-5-14(6-9-17)16-12-13-3-4-13/h1-2,10,13-14,16H,3-9,11-12H2. The van der Waals surface area contributed by atoms with E-state index in [1.165, 1.54) is 12.8 Å². The van der Waals surface area contributed by atoms with E-state index >= 15 is 0 Å². The van der Waals surface area contributed by atoms with Crippen LogP contribution in [0.15, 0.2) is 17.5 Å². The van der Waals surface area contributed by atoms with Crippen molar-refractivity contribution in [2.45, 2.75) is 38.1 Å². The Kier molecular flexibility index (Phi) is 4.99. The summed E-state index contributed by atoms with van der Waals surface area (Å²) in [5.41, 5.74) is 0. The first-order valence-corrected chi connectivity index (χ1v) is 10.4. The molecule has 0 aromatic carbocycles. The summed E-state index contributed by atoms with van der Waals surface area (Å²) in [6.45, 7) is 2.47. The molecule has 2 fully saturated rings. The minimum atomic E-state index is -3.09. The van der Waals surface area contributed by atoms with Crippen molar-refractivity contribution < 1.29 is 8.42 Å². The Balaban J connectivity index is 1.43. The van der Waals surface area contributed by atoms with Gasteiger partial charge in [0.15, 0.2) is 0 Å². The van der Waals surface area contributed by atoms with Crippen molar-refractivity contribution in [3.63, 3.8) is 0 Å². The maximum Gasteiger partial charge on any atom is 0.214 e. The number of piperidine rings is 1. The molecule has 2 aliphatic rings. The highest BCUT2D eigenvalue weighted by Crippen LogP contribution is 2.28. The average Bonchev–Trinajstić information content (AvgIpc) is 3.17. The van der Waals surface area contributed by atoms with Crippen molar-refractivity contribution in [2.24, 2.45) is 5.92 Å². The summed E-state index contributed by atoms with van der Waals surface area (Å²) < 4.78 is 26.4. The van der Waals surface area contributed by atoms with E-state index in [1.54, 1.807) is 15.6 Å². The number of thiophene rings is 1. The summed E-state index contributed by atoms with van der Waals surface area (Å²) in [6.07, 6.45) is 5.27. The minimum Gasteiger partial charge on any atom is -0.314 e. The number of aryl methyl sites for hydroxylation is 1. The van der Waals surface area contributed by atoms with E-state index in [2.05, 4.69) is 5.32 Å². The summed E-state index contributed by atoms with van der Waals surface area (Å²) in [5.74, 6) is 1.13. The highest BCUT2D eigenvalue weighted by molar-refractivity contribution is 7.89. The molecule has 0 unspecified atom stereocenters. The van der Waals surface area contributed by atoms with Gasteiger partial charge < -0.3 is 5.32 Å². The van der Waals surface area contributed by atoms with Gasteiger partial charge >= 0.3 is 0 Å². The molecule has 0 radical (unpaired) electrons. The topological polar surface area (TPSA) is 49.4 Å². The van der Waals surface area contributed by atoms with Gasteiger partial charge in [0.25, 0.3) is 0 Å². The molecule has 0 bridgehead atoms. The minimum absolute atomic E-state index is 0.244. The molecule has 0 amide bonds. The molecular weight excluding hydrogens is 304 g/mol. The highest BCUT2D eigenvalue weighted by atomic mass is 32.2. The van der Waals surface area contributed by atoms with Crippen molar-refractivity contribution >= 4 is 21.4 Å². The van der Waals surface area contributed by atoms with Crippen LogP contribution in [0.1, 0.15) is 30.6 Å². The first kappa shape index (κ1) is 15.5. The molecule has 0 atom stereocenters. The third-order valence-corrected chi connectivity index (χ3v) is 7.23. The molecule has 6 heteroatoms. The Bertz CT molecular complexity index is 530. The Morgan fingerprint density at radius 1 is 1.24 bits per heavy atom. The first-order valence-electron chi connectivity index (χ1n) is 7.87. The van der Waals surface area contributed by atoms with Crippen LogP contribution in [0.2, 0.25) is 0 Å². The van der Waals surface area contributed by atoms with E-state index in [9.17, 15) is 8.42 Å². The Hall–Kier alpha value is -0.430. The lowest BCUT2D eigenvalue weighted by molar-refractivity contribution is 0.288. The van der Waals surface area contributed by atoms with Gasteiger partial charge in [0, 0.05) is 24.0 Å². The molecule has 1 aromatic heterocycles. The number of sulfonamides is 1. The lowest BCUT2D eigenvalue weighted by atomic mass is 10.1. The first-order chi connectivity index (χ1) is 10.1. The summed E-state index contributed by atoms with van der Waals surface area (Å²) >= 11 is 1.63. The van der Waals surface area contributed by atoms with Gasteiger partial charge in [-0.2, -0.15) is 0 Å². The average molecular weight is 329 g/mol. The third kappa shape index (κ3) is 4.52. The maximum atomic E-state index is 12.4. The van der Waals surface area contributed by atoms with E-state index in [4.69, 9.17) is 0 Å². The normalized spacial score (nSPS) is 21.7. The van der Waals surface area contributed by atoms with Crippen LogP contribution in [-0.4, -0.2) is 44.2 Å². The van der Waals surface area contributed by atoms with Crippen LogP contribution >= 0.6 is 11.3 Å². The van der Waals surface area contributed by atoms with Crippen molar-refractivity contribution in [1.82, 2.24) is 9.62 Å². The van der Waals surface area contributed by atoms with Gasteiger partial charge in [-0.1, -0.05) is 6.07 Å². The second kappa shape index (κ2) is 6.77. The predicted molar refractivity (Wildman–Crippen MR) is 87.1 cm³/mol. The third-order valence-electron chi connectivity index (χ3n) is 4.43. The van der Waals surface area contributed by atoms with Crippen LogP contribution in [0.3, 0.4) is 0 Å². The fraction of sp³-hybridized carbons (Fsp3) is 0.733. The van der Waals surface area contributed by atoms with E-state index in [0.29, 0.717) is 25.6 Å². The molecule has 2 heterocycles. The Morgan fingerprint density at radius 3 is 2.62 bits per heavy atom. The van der Waals surface area contributed by atoms with Gasteiger partial charge in [0.1, 0.15) is 0 Å². The molecule has 1 saturated carbocycles. The van der Waals surface area contributed by atoms with E-state index in [0.717, 1.165) is 30.2 Å². The Labute approximate surface area is 131 Å². The van der Waals surface area contributed by atoms with Gasteiger partial charge in [-0.05, 0) is 56.0 Å². The quantitative estimate of drug-likeness (QED) is 0.834. The smallest absolute Gasteiger partial charge is 0.214 e. The second-order valence-corrected chi connectivity index (χ2v) is 9.29. The summed E-state index contributed by atoms with van der Waals surface area (Å²) in [7, 11) is -3.09. The lowest BCUT2D eigenvalue weighted by Gasteiger charge is -2.31. The van der Waals surface area contributed by atoms with Crippen LogP contribution in [-0.2, 0) is 16.4 Å². The van der Waals surface area contributed by atoms with Crippen LogP contribution in [0.5, 0.6) is 0 Å². The largest absolute Gasteiger partial charge is 0.314 e. The van der Waals surface area contributed by atoms with Gasteiger partial charge in [-0.15, -0.1) is 11.3 Å². The van der Waals surface area contributed by atoms with Crippen molar-refractivity contribution in [3.05, 3.63) is 22.4 Å². The zero-order valence-electron chi connectivity index (χ0n) is 12.3. The molecule has 1 saturated heterocycles. The van der Waals surface area contributed by atoms with Crippen LogP contribution in [0, 0.1) is 5.92 Å². The van der Waals surface area contributed by atoms with E-state index in [-0.39, 0.29) is 5.75 Å². The molecule has 1 N–H and O–H groups in total. The molecule has 0 spiro atoms. The molecular formula is C15H24N2O2S2. The molecule has 4 nitrogen and oxygen atoms in total. The van der Waals surface area contributed by atoms with Gasteiger partial charge in [-0.3, -0.25) is 0 Å². The van der Waals surface area contributed by atoms with Crippen LogP contribution in [0.4, 0.5) is 0 Å². The van der Waals surface area contributed by atoms with Gasteiger partial charge in [0.2, 0.25) is 10.0 Å². The molecule has 21 heavy (non-hydrogen) atoms. The van der Waals surface area contributed by atoms with Gasteiger partial charge in [0.05, 0.1) is 5.75 Å². The van der Waals surface area contributed by atoms with Crippen molar-refractivity contribution in [2.75, 3.05) is 25.4 Å². The monoisotopic (exact) mass is 328 g/mol. The number of hydrogen-bond acceptors (Lipinski definition) is 4. The zero-order valence-corrected chi connectivity index (χ0v) is 14.0. The van der Waals surface area contributed by atoms with E-state index < -0.39 is 10.0 Å². The van der Waals surface area contributed by atoms with Crippen molar-refractivity contribution in [3.8, 4) is 0 Å². The number of nitrogens with one attached hydrogen (secondary N) is 1. The number of hydrogen-bond donors (Lipinski definition) is 1.